The molecule has 3 rings (SSSR count). The lowest BCUT2D eigenvalue weighted by Crippen LogP contribution is -2.04. The van der Waals surface area contributed by atoms with Crippen LogP contribution in [-0.4, -0.2) is 11.6 Å². The van der Waals surface area contributed by atoms with Crippen molar-refractivity contribution in [3.8, 4) is 11.8 Å². The number of hydrogen-bond acceptors (Lipinski definition) is 2. The molecule has 2 nitrogen and oxygen atoms in total. The van der Waals surface area contributed by atoms with Gasteiger partial charge in [0, 0.05) is 29.5 Å². The Bertz CT molecular complexity index is 863. The van der Waals surface area contributed by atoms with Crippen LogP contribution < -0.4 is 0 Å². The van der Waals surface area contributed by atoms with Crippen LogP contribution in [0, 0.1) is 17.8 Å². The Balaban J connectivity index is 1.67. The highest BCUT2D eigenvalue weighted by atomic mass is 16.1. The molecule has 0 radical (unpaired) electrons. The smallest absolute Gasteiger partial charge is 0.163 e. The molecule has 25 heavy (non-hydrogen) atoms. The van der Waals surface area contributed by atoms with Gasteiger partial charge in [0.2, 0.25) is 0 Å². The topological polar surface area (TPSA) is 34.1 Å². The Morgan fingerprint density at radius 2 is 1.72 bits per heavy atom. The van der Waals surface area contributed by atoms with Crippen molar-refractivity contribution in [2.75, 3.05) is 0 Å². The van der Waals surface area contributed by atoms with Gasteiger partial charge >= 0.3 is 0 Å². The van der Waals surface area contributed by atoms with Crippen LogP contribution in [0.1, 0.15) is 59.3 Å². The molecule has 2 aromatic carbocycles. The summed E-state index contributed by atoms with van der Waals surface area (Å²) in [7, 11) is 0. The summed E-state index contributed by atoms with van der Waals surface area (Å²) in [4.78, 5) is 22.8. The van der Waals surface area contributed by atoms with Crippen molar-refractivity contribution in [2.45, 2.75) is 39.5 Å². The number of hydrogen-bond donors (Lipinski definition) is 0. The van der Waals surface area contributed by atoms with E-state index in [9.17, 15) is 9.59 Å². The van der Waals surface area contributed by atoms with Crippen LogP contribution in [0.25, 0.3) is 0 Å². The molecule has 0 fully saturated rings. The average Bonchev–Trinajstić information content (AvgIpc) is 2.94. The maximum Gasteiger partial charge on any atom is 0.163 e. The minimum Gasteiger partial charge on any atom is -0.300 e. The molecule has 1 atom stereocenters. The minimum absolute atomic E-state index is 0.240. The summed E-state index contributed by atoms with van der Waals surface area (Å²) in [5.41, 5.74) is 5.13. The van der Waals surface area contributed by atoms with Gasteiger partial charge in [-0.1, -0.05) is 30.9 Å². The van der Waals surface area contributed by atoms with Gasteiger partial charge < -0.3 is 4.79 Å². The first-order valence-electron chi connectivity index (χ1n) is 8.78. The van der Waals surface area contributed by atoms with Crippen molar-refractivity contribution in [3.63, 3.8) is 0 Å². The van der Waals surface area contributed by atoms with Crippen molar-refractivity contribution < 1.29 is 9.59 Å². The second-order valence-corrected chi connectivity index (χ2v) is 6.96. The molecule has 0 N–H and O–H groups in total. The Labute approximate surface area is 149 Å². The summed E-state index contributed by atoms with van der Waals surface area (Å²) in [6, 6.07) is 14.1. The normalized spacial score (nSPS) is 13.8. The molecular weight excluding hydrogens is 308 g/mol. The number of carbonyl (C=O) groups is 2. The Kier molecular flexibility index (Phi) is 5.14. The molecule has 0 bridgehead atoms. The van der Waals surface area contributed by atoms with E-state index < -0.39 is 0 Å². The number of Topliss-reactive ketones (excluding diaryl/α,β-unsaturated/α-hetero) is 2. The lowest BCUT2D eigenvalue weighted by Gasteiger charge is -2.09. The fourth-order valence-electron chi connectivity index (χ4n) is 3.37. The van der Waals surface area contributed by atoms with E-state index in [0.29, 0.717) is 18.8 Å². The lowest BCUT2D eigenvalue weighted by atomic mass is 9.96. The number of fused-ring (bicyclic) bond motifs is 1. The standard InChI is InChI=1S/C23H22O2/c1-16(13-17(2)24)14-19-6-3-18(4-7-19)5-8-20-9-11-22-21(15-20)10-12-23(22)25/h3-4,6-7,9,11,15-16H,10,12-14H2,1-2H3. The molecule has 0 heterocycles. The number of carbonyl (C=O) groups excluding carboxylic acids is 2. The maximum atomic E-state index is 11.7. The van der Waals surface area contributed by atoms with Crippen molar-refractivity contribution in [1.29, 1.82) is 0 Å². The van der Waals surface area contributed by atoms with Gasteiger partial charge in [0.05, 0.1) is 0 Å². The molecule has 0 amide bonds. The monoisotopic (exact) mass is 330 g/mol. The summed E-state index contributed by atoms with van der Waals surface area (Å²) in [6.45, 7) is 3.75. The van der Waals surface area contributed by atoms with Crippen LogP contribution in [0.4, 0.5) is 0 Å². The summed E-state index contributed by atoms with van der Waals surface area (Å²) < 4.78 is 0. The SMILES string of the molecule is CC(=O)CC(C)Cc1ccc(C#Cc2ccc3c(c2)CCC3=O)cc1. The van der Waals surface area contributed by atoms with Crippen LogP contribution in [0.2, 0.25) is 0 Å². The molecule has 2 aromatic rings. The first kappa shape index (κ1) is 17.2. The Hall–Kier alpha value is -2.66. The van der Waals surface area contributed by atoms with E-state index >= 15 is 0 Å². The van der Waals surface area contributed by atoms with E-state index in [1.165, 1.54) is 5.56 Å². The van der Waals surface area contributed by atoms with Crippen molar-refractivity contribution >= 4 is 11.6 Å². The Morgan fingerprint density at radius 1 is 1.04 bits per heavy atom. The van der Waals surface area contributed by atoms with E-state index in [0.717, 1.165) is 35.1 Å². The Morgan fingerprint density at radius 3 is 2.44 bits per heavy atom. The number of ketones is 2. The summed E-state index contributed by atoms with van der Waals surface area (Å²) >= 11 is 0. The van der Waals surface area contributed by atoms with Crippen LogP contribution in [0.5, 0.6) is 0 Å². The molecule has 0 saturated carbocycles. The molecule has 0 aliphatic heterocycles. The highest BCUT2D eigenvalue weighted by molar-refractivity contribution is 6.00. The lowest BCUT2D eigenvalue weighted by molar-refractivity contribution is -0.117. The van der Waals surface area contributed by atoms with Crippen LogP contribution in [0.15, 0.2) is 42.5 Å². The largest absolute Gasteiger partial charge is 0.300 e. The van der Waals surface area contributed by atoms with Crippen molar-refractivity contribution in [2.24, 2.45) is 5.92 Å². The van der Waals surface area contributed by atoms with Gasteiger partial charge in [-0.25, -0.2) is 0 Å². The number of benzene rings is 2. The van der Waals surface area contributed by atoms with E-state index in [2.05, 4.69) is 30.9 Å². The second-order valence-electron chi connectivity index (χ2n) is 6.96. The third kappa shape index (κ3) is 4.45. The third-order valence-electron chi connectivity index (χ3n) is 4.55. The summed E-state index contributed by atoms with van der Waals surface area (Å²) in [5.74, 6) is 7.22. The van der Waals surface area contributed by atoms with Gasteiger partial charge in [0.25, 0.3) is 0 Å². The summed E-state index contributed by atoms with van der Waals surface area (Å²) in [6.07, 6.45) is 2.99. The molecular formula is C23H22O2. The minimum atomic E-state index is 0.240. The molecule has 1 unspecified atom stereocenters. The first-order chi connectivity index (χ1) is 12.0. The zero-order valence-electron chi connectivity index (χ0n) is 14.8. The van der Waals surface area contributed by atoms with Crippen LogP contribution >= 0.6 is 0 Å². The van der Waals surface area contributed by atoms with Crippen LogP contribution in [0.3, 0.4) is 0 Å². The average molecular weight is 330 g/mol. The molecule has 2 heteroatoms. The maximum absolute atomic E-state index is 11.7. The third-order valence-corrected chi connectivity index (χ3v) is 4.55. The van der Waals surface area contributed by atoms with Gasteiger partial charge in [0.1, 0.15) is 5.78 Å². The number of aryl methyl sites for hydroxylation is 1. The van der Waals surface area contributed by atoms with Gasteiger partial charge in [-0.2, -0.15) is 0 Å². The zero-order valence-corrected chi connectivity index (χ0v) is 14.8. The van der Waals surface area contributed by atoms with Gasteiger partial charge in [-0.05, 0) is 67.1 Å². The molecule has 0 spiro atoms. The molecule has 126 valence electrons. The molecule has 1 aliphatic carbocycles. The van der Waals surface area contributed by atoms with E-state index in [4.69, 9.17) is 0 Å². The van der Waals surface area contributed by atoms with Crippen molar-refractivity contribution in [3.05, 3.63) is 70.3 Å². The number of rotatable bonds is 4. The zero-order chi connectivity index (χ0) is 17.8. The molecule has 0 saturated heterocycles. The van der Waals surface area contributed by atoms with E-state index in [1.54, 1.807) is 6.92 Å². The molecule has 0 aromatic heterocycles. The predicted octanol–water partition coefficient (Wildman–Crippen LogP) is 4.37. The first-order valence-corrected chi connectivity index (χ1v) is 8.78. The second kappa shape index (κ2) is 7.49. The predicted molar refractivity (Wildman–Crippen MR) is 99.7 cm³/mol. The van der Waals surface area contributed by atoms with E-state index in [-0.39, 0.29) is 11.6 Å². The molecule has 1 aliphatic rings. The summed E-state index contributed by atoms with van der Waals surface area (Å²) in [5, 5.41) is 0. The van der Waals surface area contributed by atoms with Gasteiger partial charge in [-0.15, -0.1) is 0 Å². The quantitative estimate of drug-likeness (QED) is 0.780. The van der Waals surface area contributed by atoms with Gasteiger partial charge in [-0.3, -0.25) is 4.79 Å². The highest BCUT2D eigenvalue weighted by Gasteiger charge is 2.18. The van der Waals surface area contributed by atoms with E-state index in [1.807, 2.05) is 30.3 Å². The fraction of sp³-hybridized carbons (Fsp3) is 0.304. The fourth-order valence-corrected chi connectivity index (χ4v) is 3.37. The van der Waals surface area contributed by atoms with Gasteiger partial charge in [0.15, 0.2) is 5.78 Å². The van der Waals surface area contributed by atoms with Crippen molar-refractivity contribution in [1.82, 2.24) is 0 Å². The highest BCUT2D eigenvalue weighted by Crippen LogP contribution is 2.22. The van der Waals surface area contributed by atoms with Crippen LogP contribution in [-0.2, 0) is 17.6 Å².